The molecule has 2 heterocycles. The number of aromatic nitrogens is 2. The highest BCUT2D eigenvalue weighted by Gasteiger charge is 2.37. The third-order valence-corrected chi connectivity index (χ3v) is 6.31. The van der Waals surface area contributed by atoms with Crippen molar-refractivity contribution < 1.29 is 28.0 Å². The minimum atomic E-state index is -4.03. The Hall–Kier alpha value is -3.51. The van der Waals surface area contributed by atoms with E-state index in [-0.39, 0.29) is 34.8 Å². The molecule has 0 unspecified atom stereocenters. The van der Waals surface area contributed by atoms with E-state index in [2.05, 4.69) is 10.3 Å². The van der Waals surface area contributed by atoms with Crippen LogP contribution in [0.3, 0.4) is 0 Å². The summed E-state index contributed by atoms with van der Waals surface area (Å²) in [5.74, 6) is -1.29. The van der Waals surface area contributed by atoms with Gasteiger partial charge in [-0.1, -0.05) is 18.2 Å². The fourth-order valence-corrected chi connectivity index (χ4v) is 4.28. The van der Waals surface area contributed by atoms with Gasteiger partial charge in [-0.3, -0.25) is 10.1 Å². The van der Waals surface area contributed by atoms with E-state index < -0.39 is 32.1 Å². The zero-order chi connectivity index (χ0) is 22.8. The number of nitro groups is 1. The Kier molecular flexibility index (Phi) is 5.95. The largest absolute Gasteiger partial charge is 0.479 e. The molecule has 0 aliphatic rings. The third kappa shape index (κ3) is 4.07. The van der Waals surface area contributed by atoms with Gasteiger partial charge in [0.15, 0.2) is 11.2 Å². The number of benzene rings is 1. The number of aliphatic carboxylic acids is 1. The molecule has 2 aromatic heterocycles. The summed E-state index contributed by atoms with van der Waals surface area (Å²) in [6.45, 7) is 2.97. The van der Waals surface area contributed by atoms with Crippen LogP contribution in [0.1, 0.15) is 13.8 Å². The van der Waals surface area contributed by atoms with Gasteiger partial charge in [0.25, 0.3) is 10.0 Å². The minimum absolute atomic E-state index is 0.00822. The van der Waals surface area contributed by atoms with Gasteiger partial charge in [0.2, 0.25) is 0 Å². The first-order chi connectivity index (χ1) is 14.6. The maximum Gasteiger partial charge on any atom is 0.331 e. The van der Waals surface area contributed by atoms with Crippen LogP contribution in [0.5, 0.6) is 0 Å². The van der Waals surface area contributed by atoms with E-state index in [0.717, 1.165) is 10.2 Å². The first kappa shape index (κ1) is 22.2. The van der Waals surface area contributed by atoms with Crippen molar-refractivity contribution in [3.05, 3.63) is 58.9 Å². The normalized spacial score (nSPS) is 13.6. The van der Waals surface area contributed by atoms with Gasteiger partial charge in [0, 0.05) is 12.8 Å². The van der Waals surface area contributed by atoms with Crippen LogP contribution < -0.4 is 5.32 Å². The number of fused-ring (bicyclic) bond motifs is 1. The van der Waals surface area contributed by atoms with E-state index in [1.807, 2.05) is 0 Å². The molecule has 0 fully saturated rings. The number of ether oxygens (including phenoxy) is 1. The van der Waals surface area contributed by atoms with Crippen molar-refractivity contribution in [3.63, 3.8) is 0 Å². The maximum atomic E-state index is 13.0. The molecule has 0 radical (unpaired) electrons. The summed E-state index contributed by atoms with van der Waals surface area (Å²) in [5.41, 5.74) is -2.45. The topological polar surface area (TPSA) is 154 Å². The van der Waals surface area contributed by atoms with Gasteiger partial charge in [0.05, 0.1) is 21.8 Å². The van der Waals surface area contributed by atoms with Crippen molar-refractivity contribution in [3.8, 4) is 0 Å². The summed E-state index contributed by atoms with van der Waals surface area (Å²) in [5, 5.41) is 24.0. The van der Waals surface area contributed by atoms with Gasteiger partial charge in [0.1, 0.15) is 11.9 Å². The number of hydrogen-bond donors (Lipinski definition) is 2. The Morgan fingerprint density at radius 2 is 2.00 bits per heavy atom. The second kappa shape index (κ2) is 8.32. The molecule has 0 amide bonds. The molecule has 11 nitrogen and oxygen atoms in total. The van der Waals surface area contributed by atoms with E-state index in [4.69, 9.17) is 4.74 Å². The highest BCUT2D eigenvalue weighted by Crippen LogP contribution is 2.35. The molecule has 0 spiro atoms. The number of carboxylic acid groups (broad SMARTS) is 1. The molecule has 3 aromatic rings. The quantitative estimate of drug-likeness (QED) is 0.371. The average Bonchev–Trinajstić information content (AvgIpc) is 3.18. The molecule has 1 aromatic carbocycles. The van der Waals surface area contributed by atoms with Crippen LogP contribution in [0.4, 0.5) is 11.4 Å². The lowest BCUT2D eigenvalue weighted by Gasteiger charge is -2.27. The standard InChI is InChI=1S/C19H20N4O7S/c1-3-30-12-19(2,18(24)25)21-16-14-9-10-22(17(14)20-11-15(16)23(26)27)31(28,29)13-7-5-4-6-8-13/h4-11H,3,12H2,1-2H3,(H,20,21)(H,24,25)/t19-/m0/s1. The Morgan fingerprint density at radius 3 is 2.58 bits per heavy atom. The number of carbonyl (C=O) groups is 1. The zero-order valence-corrected chi connectivity index (χ0v) is 17.5. The van der Waals surface area contributed by atoms with Crippen molar-refractivity contribution in [1.82, 2.24) is 8.96 Å². The fourth-order valence-electron chi connectivity index (χ4n) is 2.96. The molecule has 1 atom stereocenters. The summed E-state index contributed by atoms with van der Waals surface area (Å²) < 4.78 is 32.2. The molecule has 3 rings (SSSR count). The third-order valence-electron chi connectivity index (χ3n) is 4.63. The lowest BCUT2D eigenvalue weighted by Crippen LogP contribution is -2.47. The second-order valence-corrected chi connectivity index (χ2v) is 8.66. The van der Waals surface area contributed by atoms with Crippen LogP contribution in [-0.2, 0) is 19.6 Å². The Morgan fingerprint density at radius 1 is 1.32 bits per heavy atom. The summed E-state index contributed by atoms with van der Waals surface area (Å²) in [7, 11) is -4.03. The lowest BCUT2D eigenvalue weighted by atomic mass is 10.0. The molecule has 2 N–H and O–H groups in total. The molecule has 12 heteroatoms. The van der Waals surface area contributed by atoms with Crippen molar-refractivity contribution >= 4 is 38.4 Å². The summed E-state index contributed by atoms with van der Waals surface area (Å²) >= 11 is 0. The molecule has 31 heavy (non-hydrogen) atoms. The lowest BCUT2D eigenvalue weighted by molar-refractivity contribution is -0.384. The molecule has 0 bridgehead atoms. The number of anilines is 1. The SMILES string of the molecule is CCOC[C@](C)(Nc1c([N+](=O)[O-])cnc2c1ccn2S(=O)(=O)c1ccccc1)C(=O)O. The van der Waals surface area contributed by atoms with E-state index in [0.29, 0.717) is 0 Å². The summed E-state index contributed by atoms with van der Waals surface area (Å²) in [6, 6.07) is 8.96. The number of nitrogens with zero attached hydrogens (tertiary/aromatic N) is 3. The van der Waals surface area contributed by atoms with Crippen LogP contribution in [0.15, 0.2) is 53.7 Å². The molecule has 164 valence electrons. The number of hydrogen-bond acceptors (Lipinski definition) is 8. The molecular weight excluding hydrogens is 428 g/mol. The van der Waals surface area contributed by atoms with Gasteiger partial charge in [-0.25, -0.2) is 22.2 Å². The van der Waals surface area contributed by atoms with Crippen LogP contribution in [-0.4, -0.2) is 52.1 Å². The predicted octanol–water partition coefficient (Wildman–Crippen LogP) is 2.47. The van der Waals surface area contributed by atoms with Crippen LogP contribution in [0.25, 0.3) is 11.0 Å². The number of rotatable bonds is 9. The second-order valence-electron chi connectivity index (χ2n) is 6.84. The Labute approximate surface area is 177 Å². The van der Waals surface area contributed by atoms with Crippen LogP contribution in [0.2, 0.25) is 0 Å². The van der Waals surface area contributed by atoms with Crippen molar-refractivity contribution in [2.24, 2.45) is 0 Å². The highest BCUT2D eigenvalue weighted by atomic mass is 32.2. The predicted molar refractivity (Wildman–Crippen MR) is 112 cm³/mol. The number of pyridine rings is 1. The van der Waals surface area contributed by atoms with Crippen LogP contribution >= 0.6 is 0 Å². The van der Waals surface area contributed by atoms with Gasteiger partial charge in [-0.2, -0.15) is 0 Å². The Balaban J connectivity index is 2.21. The molecular formula is C19H20N4O7S. The Bertz CT molecular complexity index is 1240. The first-order valence-corrected chi connectivity index (χ1v) is 10.6. The van der Waals surface area contributed by atoms with E-state index in [1.165, 1.54) is 31.3 Å². The molecule has 0 aliphatic carbocycles. The van der Waals surface area contributed by atoms with E-state index in [9.17, 15) is 28.4 Å². The molecule has 0 aliphatic heterocycles. The van der Waals surface area contributed by atoms with E-state index in [1.54, 1.807) is 25.1 Å². The van der Waals surface area contributed by atoms with Crippen molar-refractivity contribution in [1.29, 1.82) is 0 Å². The fraction of sp³-hybridized carbons (Fsp3) is 0.263. The maximum absolute atomic E-state index is 13.0. The average molecular weight is 448 g/mol. The highest BCUT2D eigenvalue weighted by molar-refractivity contribution is 7.90. The number of carboxylic acids is 1. The van der Waals surface area contributed by atoms with Crippen molar-refractivity contribution in [2.45, 2.75) is 24.3 Å². The van der Waals surface area contributed by atoms with Crippen LogP contribution in [0, 0.1) is 10.1 Å². The monoisotopic (exact) mass is 448 g/mol. The molecule has 0 saturated carbocycles. The number of nitrogens with one attached hydrogen (secondary N) is 1. The van der Waals surface area contributed by atoms with Crippen molar-refractivity contribution in [2.75, 3.05) is 18.5 Å². The van der Waals surface area contributed by atoms with Gasteiger partial charge < -0.3 is 15.2 Å². The molecule has 0 saturated heterocycles. The summed E-state index contributed by atoms with van der Waals surface area (Å²) in [4.78, 5) is 26.7. The smallest absolute Gasteiger partial charge is 0.331 e. The van der Waals surface area contributed by atoms with E-state index >= 15 is 0 Å². The minimum Gasteiger partial charge on any atom is -0.479 e. The van der Waals surface area contributed by atoms with Gasteiger partial charge >= 0.3 is 11.7 Å². The zero-order valence-electron chi connectivity index (χ0n) is 16.7. The van der Waals surface area contributed by atoms with Gasteiger partial charge in [-0.15, -0.1) is 0 Å². The first-order valence-electron chi connectivity index (χ1n) is 9.16. The summed E-state index contributed by atoms with van der Waals surface area (Å²) in [6.07, 6.45) is 2.11. The van der Waals surface area contributed by atoms with Gasteiger partial charge in [-0.05, 0) is 32.0 Å².